The zero-order chi connectivity index (χ0) is 53.4. The third kappa shape index (κ3) is 15.7. The van der Waals surface area contributed by atoms with Crippen LogP contribution >= 0.6 is 0 Å². The van der Waals surface area contributed by atoms with E-state index >= 15 is 4.39 Å². The van der Waals surface area contributed by atoms with E-state index in [-0.39, 0.29) is 55.2 Å². The molecule has 4 aromatic carbocycles. The Morgan fingerprint density at radius 1 is 0.569 bits per heavy atom. The van der Waals surface area contributed by atoms with Gasteiger partial charge in [-0.2, -0.15) is 0 Å². The number of rotatable bonds is 10. The Balaban J connectivity index is 0.000000286. The molecule has 2 fully saturated rings. The summed E-state index contributed by atoms with van der Waals surface area (Å²) in [5.74, 6) is -2.17. The monoisotopic (exact) mass is 1090 g/mol. The molecule has 15 nitrogen and oxygen atoms in total. The first-order valence-corrected chi connectivity index (χ1v) is 28.3. The molecule has 72 heavy (non-hydrogen) atoms. The summed E-state index contributed by atoms with van der Waals surface area (Å²) in [6, 6.07) is 22.5. The number of piperidine rings is 2. The Labute approximate surface area is 422 Å². The van der Waals surface area contributed by atoms with Crippen LogP contribution in [0.5, 0.6) is 0 Å². The van der Waals surface area contributed by atoms with Crippen LogP contribution < -0.4 is 0 Å². The van der Waals surface area contributed by atoms with Gasteiger partial charge in [0.2, 0.25) is 14.8 Å². The van der Waals surface area contributed by atoms with E-state index in [2.05, 4.69) is 0 Å². The van der Waals surface area contributed by atoms with Gasteiger partial charge in [-0.15, -0.1) is 4.48 Å². The maximum absolute atomic E-state index is 15.3. The molecule has 2 aliphatic rings. The van der Waals surface area contributed by atoms with Crippen LogP contribution in [-0.4, -0.2) is 107 Å². The minimum absolute atomic E-state index is 0. The largest absolute Gasteiger partial charge is 0.444 e. The summed E-state index contributed by atoms with van der Waals surface area (Å²) < 4.78 is 164. The zero-order valence-electron chi connectivity index (χ0n) is 40.7. The molecule has 2 aliphatic heterocycles. The fraction of sp³-hybridized carbons (Fsp3) is 0.469. The predicted molar refractivity (Wildman–Crippen MR) is 264 cm³/mol. The second kappa shape index (κ2) is 24.3. The second-order valence-corrected chi connectivity index (χ2v) is 27.3. The summed E-state index contributed by atoms with van der Waals surface area (Å²) in [5, 5.41) is -3.18. The van der Waals surface area contributed by atoms with Gasteiger partial charge in [0.05, 0.1) is 28.8 Å². The fourth-order valence-electron chi connectivity index (χ4n) is 7.46. The molecular formula is C49H65F4N3O12S4. The van der Waals surface area contributed by atoms with Gasteiger partial charge in [0.25, 0.3) is 20.0 Å². The van der Waals surface area contributed by atoms with Crippen LogP contribution in [0, 0.1) is 23.5 Å². The number of likely N-dealkylation sites (tertiary alicyclic amines) is 2. The molecule has 2 atom stereocenters. The van der Waals surface area contributed by atoms with Crippen LogP contribution in [0.2, 0.25) is 0 Å². The highest BCUT2D eigenvalue weighted by atomic mass is 32.3. The van der Waals surface area contributed by atoms with Gasteiger partial charge in [-0.25, -0.2) is 56.4 Å². The smallest absolute Gasteiger partial charge is 0.410 e. The molecule has 4 aromatic rings. The number of alkyl halides is 1. The van der Waals surface area contributed by atoms with Gasteiger partial charge in [-0.1, -0.05) is 56.0 Å². The Morgan fingerprint density at radius 2 is 0.917 bits per heavy atom. The minimum atomic E-state index is -4.77. The van der Waals surface area contributed by atoms with Crippen molar-refractivity contribution in [2.45, 2.75) is 130 Å². The number of hydrogen-bond acceptors (Lipinski definition) is 12. The first-order chi connectivity index (χ1) is 32.7. The summed E-state index contributed by atoms with van der Waals surface area (Å²) >= 11 is 0. The van der Waals surface area contributed by atoms with E-state index in [9.17, 15) is 56.5 Å². The molecule has 2 heterocycles. The molecule has 0 saturated carbocycles. The summed E-state index contributed by atoms with van der Waals surface area (Å²) in [5.41, 5.74) is -1.19. The third-order valence-electron chi connectivity index (χ3n) is 11.4. The number of sulfone groups is 2. The molecule has 0 aliphatic carbocycles. The Bertz CT molecular complexity index is 2830. The van der Waals surface area contributed by atoms with Gasteiger partial charge < -0.3 is 19.3 Å². The molecule has 2 unspecified atom stereocenters. The van der Waals surface area contributed by atoms with Crippen molar-refractivity contribution >= 4 is 51.9 Å². The lowest BCUT2D eigenvalue weighted by Gasteiger charge is -2.38. The van der Waals surface area contributed by atoms with Crippen molar-refractivity contribution in [1.29, 1.82) is 0 Å². The van der Waals surface area contributed by atoms with Gasteiger partial charge in [-0.05, 0) is 148 Å². The third-order valence-corrected chi connectivity index (χ3v) is 19.6. The molecule has 400 valence electrons. The quantitative estimate of drug-likeness (QED) is 0.108. The second-order valence-electron chi connectivity index (χ2n) is 19.0. The number of carbonyl (C=O) groups is 2. The first kappa shape index (κ1) is 61.2. The lowest BCUT2D eigenvalue weighted by Crippen LogP contribution is -2.48. The lowest BCUT2D eigenvalue weighted by molar-refractivity contribution is 0.0128. The summed E-state index contributed by atoms with van der Waals surface area (Å²) in [7, 11) is -17.5. The fourth-order valence-corrected chi connectivity index (χ4v) is 13.8. The molecule has 0 radical (unpaired) electrons. The number of benzene rings is 4. The summed E-state index contributed by atoms with van der Waals surface area (Å²) in [4.78, 5) is 26.0. The van der Waals surface area contributed by atoms with Crippen LogP contribution in [0.15, 0.2) is 129 Å². The molecule has 0 N–H and O–H groups in total. The van der Waals surface area contributed by atoms with Gasteiger partial charge in [0.15, 0.2) is 9.84 Å². The lowest BCUT2D eigenvalue weighted by atomic mass is 9.92. The maximum atomic E-state index is 15.3. The van der Waals surface area contributed by atoms with Crippen molar-refractivity contribution in [3.63, 3.8) is 0 Å². The highest BCUT2D eigenvalue weighted by Crippen LogP contribution is 2.40. The number of carbonyl (C=O) groups excluding carboxylic acids is 2. The zero-order valence-corrected chi connectivity index (χ0v) is 43.9. The van der Waals surface area contributed by atoms with E-state index in [1.54, 1.807) is 32.6 Å². The number of ether oxygens (including phenoxy) is 2. The van der Waals surface area contributed by atoms with E-state index < -0.39 is 98.5 Å². The standard InChI is InChI=1S/C18H25F2NO4S.C18H26FNO4S.C12H10FNO4S2.CH4/c1-17(2,3)25-16(22)21-10-8-13(9-11-21)18(4,20)26(23,24)15-7-5-6-14(19)12-15;1-13(25(22,23)16-7-5-6-15(19)12-16)14-8-10-20(11-9-14)17(21)24-18(2,3)4;13-14(19(15,16)11-7-3-1-4-8-11)20(17,18)12-9-5-2-6-10-12;/h5-7,12-13H,8-11H2,1-4H3;5-7,12-14H,8-11H2,1-4H3;1-10H;1H4. The number of sulfonamides is 2. The average molecular weight is 1090 g/mol. The molecule has 23 heteroatoms. The molecular weight excluding hydrogens is 1030 g/mol. The molecule has 6 rings (SSSR count). The van der Waals surface area contributed by atoms with Crippen LogP contribution in [-0.2, 0) is 49.2 Å². The topological polar surface area (TPSA) is 199 Å². The normalized spacial score (nSPS) is 16.6. The number of halogens is 4. The van der Waals surface area contributed by atoms with Crippen LogP contribution in [0.3, 0.4) is 0 Å². The van der Waals surface area contributed by atoms with Crippen molar-refractivity contribution in [3.8, 4) is 0 Å². The Hall–Kier alpha value is -5.10. The molecule has 2 amide bonds. The molecule has 0 aromatic heterocycles. The van der Waals surface area contributed by atoms with Gasteiger partial charge in [0, 0.05) is 32.1 Å². The van der Waals surface area contributed by atoms with Crippen molar-refractivity contribution in [3.05, 3.63) is 121 Å². The molecule has 0 spiro atoms. The van der Waals surface area contributed by atoms with Crippen molar-refractivity contribution in [2.75, 3.05) is 26.2 Å². The van der Waals surface area contributed by atoms with Gasteiger partial charge in [-0.3, -0.25) is 0 Å². The van der Waals surface area contributed by atoms with E-state index in [1.165, 1.54) is 71.6 Å². The minimum Gasteiger partial charge on any atom is -0.444 e. The Kier molecular flexibility index (Phi) is 20.6. The predicted octanol–water partition coefficient (Wildman–Crippen LogP) is 10.2. The van der Waals surface area contributed by atoms with Gasteiger partial charge in [0.1, 0.15) is 22.8 Å². The van der Waals surface area contributed by atoms with E-state index in [0.717, 1.165) is 49.4 Å². The SMILES string of the molecule is C.CC(C)(C)OC(=O)N1CCC(C(C)(F)S(=O)(=O)c2cccc(F)c2)CC1.CC(C1CCN(C(=O)OC(C)(C)C)CC1)S(=O)(=O)c1cccc(F)c1.O=S(=O)(c1ccccc1)N(F)S(=O)(=O)c1ccccc1. The number of nitrogens with zero attached hydrogens (tertiary/aromatic N) is 3. The summed E-state index contributed by atoms with van der Waals surface area (Å²) in [6.07, 6.45) is 0.655. The molecule has 2 saturated heterocycles. The van der Waals surface area contributed by atoms with Crippen molar-refractivity contribution < 1.29 is 70.4 Å². The first-order valence-electron chi connectivity index (χ1n) is 22.4. The highest BCUT2D eigenvalue weighted by Gasteiger charge is 2.49. The molecule has 0 bridgehead atoms. The van der Waals surface area contributed by atoms with Crippen LogP contribution in [0.25, 0.3) is 0 Å². The van der Waals surface area contributed by atoms with Gasteiger partial charge >= 0.3 is 12.2 Å². The average Bonchev–Trinajstić information content (AvgIpc) is 3.31. The van der Waals surface area contributed by atoms with E-state index in [1.807, 2.05) is 20.8 Å². The van der Waals surface area contributed by atoms with Crippen molar-refractivity contribution in [2.24, 2.45) is 11.8 Å². The van der Waals surface area contributed by atoms with Crippen molar-refractivity contribution in [1.82, 2.24) is 13.7 Å². The van der Waals surface area contributed by atoms with E-state index in [4.69, 9.17) is 9.47 Å². The maximum Gasteiger partial charge on any atom is 0.410 e. The number of hydrogen-bond donors (Lipinski definition) is 0. The van der Waals surface area contributed by atoms with Crippen LogP contribution in [0.4, 0.5) is 27.2 Å². The van der Waals surface area contributed by atoms with Crippen LogP contribution in [0.1, 0.15) is 88.5 Å². The summed E-state index contributed by atoms with van der Waals surface area (Å²) in [6.45, 7) is 14.7. The highest BCUT2D eigenvalue weighted by molar-refractivity contribution is 8.03. The van der Waals surface area contributed by atoms with E-state index in [0.29, 0.717) is 25.9 Å². The Morgan fingerprint density at radius 3 is 1.29 bits per heavy atom. The number of amides is 2.